The van der Waals surface area contributed by atoms with Crippen molar-refractivity contribution in [2.24, 2.45) is 0 Å². The molecule has 0 radical (unpaired) electrons. The molecular weight excluding hydrogens is 360 g/mol. The fourth-order valence-electron chi connectivity index (χ4n) is 2.31. The fourth-order valence-corrected chi connectivity index (χ4v) is 3.21. The smallest absolute Gasteiger partial charge is 0.318 e. The number of amides is 3. The maximum atomic E-state index is 12.8. The van der Waals surface area contributed by atoms with E-state index >= 15 is 0 Å². The molecule has 0 bridgehead atoms. The number of hydrogen-bond donors (Lipinski definition) is 3. The zero-order valence-electron chi connectivity index (χ0n) is 14.6. The number of nitrogens with zero attached hydrogens (tertiary/aromatic N) is 1. The van der Waals surface area contributed by atoms with Crippen molar-refractivity contribution in [3.05, 3.63) is 78.5 Å². The number of rotatable bonds is 5. The number of carbonyl (C=O) groups excluding carboxylic acids is 2. The summed E-state index contributed by atoms with van der Waals surface area (Å²) in [5.74, 6) is -0.265. The molecule has 136 valence electrons. The van der Waals surface area contributed by atoms with Crippen LogP contribution in [0.15, 0.2) is 82.8 Å². The Morgan fingerprint density at radius 1 is 0.889 bits per heavy atom. The second kappa shape index (κ2) is 8.86. The molecular formula is C20H18N4O2S. The Kier molecular flexibility index (Phi) is 6.06. The molecule has 27 heavy (non-hydrogen) atoms. The van der Waals surface area contributed by atoms with Gasteiger partial charge in [0.15, 0.2) is 0 Å². The summed E-state index contributed by atoms with van der Waals surface area (Å²) >= 11 is 1.43. The van der Waals surface area contributed by atoms with Gasteiger partial charge < -0.3 is 16.0 Å². The average Bonchev–Trinajstić information content (AvgIpc) is 2.69. The summed E-state index contributed by atoms with van der Waals surface area (Å²) < 4.78 is 0. The van der Waals surface area contributed by atoms with E-state index in [1.807, 2.05) is 30.3 Å². The van der Waals surface area contributed by atoms with E-state index in [1.165, 1.54) is 18.8 Å². The summed E-state index contributed by atoms with van der Waals surface area (Å²) in [7, 11) is 1.54. The van der Waals surface area contributed by atoms with Crippen molar-refractivity contribution in [2.75, 3.05) is 17.7 Å². The average molecular weight is 378 g/mol. The van der Waals surface area contributed by atoms with E-state index in [1.54, 1.807) is 42.6 Å². The molecule has 0 unspecified atom stereocenters. The van der Waals surface area contributed by atoms with Gasteiger partial charge in [0, 0.05) is 29.5 Å². The van der Waals surface area contributed by atoms with Gasteiger partial charge in [-0.15, -0.1) is 0 Å². The van der Waals surface area contributed by atoms with E-state index < -0.39 is 0 Å². The van der Waals surface area contributed by atoms with Crippen LogP contribution in [0, 0.1) is 0 Å². The lowest BCUT2D eigenvalue weighted by Crippen LogP contribution is -2.24. The predicted molar refractivity (Wildman–Crippen MR) is 107 cm³/mol. The minimum absolute atomic E-state index is 0.265. The molecule has 0 aliphatic rings. The Bertz CT molecular complexity index is 947. The van der Waals surface area contributed by atoms with Gasteiger partial charge in [-0.2, -0.15) is 0 Å². The van der Waals surface area contributed by atoms with Crippen molar-refractivity contribution >= 4 is 35.1 Å². The SMILES string of the molecule is CNC(=O)Nc1cccc(NC(=O)c2cccnc2Sc2ccccc2)c1. The molecule has 3 aromatic rings. The van der Waals surface area contributed by atoms with Gasteiger partial charge in [-0.3, -0.25) is 4.79 Å². The van der Waals surface area contributed by atoms with E-state index in [0.29, 0.717) is 22.0 Å². The molecule has 3 N–H and O–H groups in total. The number of carbonyl (C=O) groups is 2. The second-order valence-corrected chi connectivity index (χ2v) is 6.57. The van der Waals surface area contributed by atoms with Crippen molar-refractivity contribution in [3.8, 4) is 0 Å². The van der Waals surface area contributed by atoms with Crippen molar-refractivity contribution in [1.82, 2.24) is 10.3 Å². The molecule has 0 saturated heterocycles. The third-order valence-electron chi connectivity index (χ3n) is 3.58. The van der Waals surface area contributed by atoms with Crippen LogP contribution in [-0.2, 0) is 0 Å². The molecule has 0 saturated carbocycles. The quantitative estimate of drug-likeness (QED) is 0.620. The van der Waals surface area contributed by atoms with Gasteiger partial charge in [-0.05, 0) is 42.5 Å². The fraction of sp³-hybridized carbons (Fsp3) is 0.0500. The number of aromatic nitrogens is 1. The first-order valence-corrected chi connectivity index (χ1v) is 9.05. The van der Waals surface area contributed by atoms with Crippen LogP contribution in [0.4, 0.5) is 16.2 Å². The second-order valence-electron chi connectivity index (χ2n) is 5.51. The van der Waals surface area contributed by atoms with E-state index in [2.05, 4.69) is 20.9 Å². The highest BCUT2D eigenvalue weighted by Gasteiger charge is 2.14. The normalized spacial score (nSPS) is 10.1. The zero-order chi connectivity index (χ0) is 19.1. The highest BCUT2D eigenvalue weighted by molar-refractivity contribution is 7.99. The Morgan fingerprint density at radius 3 is 2.37 bits per heavy atom. The highest BCUT2D eigenvalue weighted by atomic mass is 32.2. The number of benzene rings is 2. The molecule has 6 nitrogen and oxygen atoms in total. The third kappa shape index (κ3) is 5.08. The molecule has 0 spiro atoms. The van der Waals surface area contributed by atoms with Crippen molar-refractivity contribution in [2.45, 2.75) is 9.92 Å². The summed E-state index contributed by atoms with van der Waals surface area (Å²) in [6, 6.07) is 19.8. The first-order chi connectivity index (χ1) is 13.2. The molecule has 1 heterocycles. The van der Waals surface area contributed by atoms with Crippen LogP contribution in [0.2, 0.25) is 0 Å². The van der Waals surface area contributed by atoms with Crippen LogP contribution in [0.25, 0.3) is 0 Å². The first kappa shape index (κ1) is 18.5. The molecule has 1 aromatic heterocycles. The van der Waals surface area contributed by atoms with Crippen molar-refractivity contribution < 1.29 is 9.59 Å². The zero-order valence-corrected chi connectivity index (χ0v) is 15.4. The van der Waals surface area contributed by atoms with E-state index in [-0.39, 0.29) is 11.9 Å². The standard InChI is InChI=1S/C20H18N4O2S/c1-21-20(26)24-15-8-5-7-14(13-15)23-18(25)17-11-6-12-22-19(17)27-16-9-3-2-4-10-16/h2-13H,1H3,(H,23,25)(H2,21,24,26). The number of anilines is 2. The molecule has 0 aliphatic carbocycles. The lowest BCUT2D eigenvalue weighted by molar-refractivity contribution is 0.102. The molecule has 0 aliphatic heterocycles. The molecule has 7 heteroatoms. The van der Waals surface area contributed by atoms with E-state index in [9.17, 15) is 9.59 Å². The minimum atomic E-state index is -0.327. The number of urea groups is 1. The van der Waals surface area contributed by atoms with Gasteiger partial charge in [0.05, 0.1) is 5.56 Å². The predicted octanol–water partition coefficient (Wildman–Crippen LogP) is 4.24. The van der Waals surface area contributed by atoms with Crippen molar-refractivity contribution in [1.29, 1.82) is 0 Å². The van der Waals surface area contributed by atoms with Crippen LogP contribution >= 0.6 is 11.8 Å². The largest absolute Gasteiger partial charge is 0.341 e. The van der Waals surface area contributed by atoms with E-state index in [4.69, 9.17) is 0 Å². The monoisotopic (exact) mass is 378 g/mol. The van der Waals surface area contributed by atoms with Crippen LogP contribution in [0.5, 0.6) is 0 Å². The van der Waals surface area contributed by atoms with Crippen molar-refractivity contribution in [3.63, 3.8) is 0 Å². The minimum Gasteiger partial charge on any atom is -0.341 e. The first-order valence-electron chi connectivity index (χ1n) is 8.24. The topological polar surface area (TPSA) is 83.1 Å². The number of nitrogens with one attached hydrogen (secondary N) is 3. The summed E-state index contributed by atoms with van der Waals surface area (Å²) in [5, 5.41) is 8.63. The van der Waals surface area contributed by atoms with Gasteiger partial charge in [0.2, 0.25) is 0 Å². The van der Waals surface area contributed by atoms with Gasteiger partial charge >= 0.3 is 6.03 Å². The lowest BCUT2D eigenvalue weighted by Gasteiger charge is -2.10. The molecule has 0 atom stereocenters. The van der Waals surface area contributed by atoms with Crippen LogP contribution < -0.4 is 16.0 Å². The third-order valence-corrected chi connectivity index (χ3v) is 4.61. The molecule has 3 rings (SSSR count). The van der Waals surface area contributed by atoms with E-state index in [0.717, 1.165) is 4.90 Å². The Hall–Kier alpha value is -3.32. The maximum Gasteiger partial charge on any atom is 0.318 e. The highest BCUT2D eigenvalue weighted by Crippen LogP contribution is 2.29. The summed E-state index contributed by atoms with van der Waals surface area (Å²) in [6.07, 6.45) is 1.66. The lowest BCUT2D eigenvalue weighted by atomic mass is 10.2. The molecule has 3 amide bonds. The Morgan fingerprint density at radius 2 is 1.63 bits per heavy atom. The molecule has 2 aromatic carbocycles. The van der Waals surface area contributed by atoms with Crippen LogP contribution in [0.1, 0.15) is 10.4 Å². The van der Waals surface area contributed by atoms with Gasteiger partial charge in [0.25, 0.3) is 5.91 Å². The molecule has 0 fully saturated rings. The Labute approximate surface area is 161 Å². The van der Waals surface area contributed by atoms with Gasteiger partial charge in [-0.1, -0.05) is 36.0 Å². The van der Waals surface area contributed by atoms with Gasteiger partial charge in [0.1, 0.15) is 5.03 Å². The van der Waals surface area contributed by atoms with Crippen LogP contribution in [-0.4, -0.2) is 24.0 Å². The van der Waals surface area contributed by atoms with Gasteiger partial charge in [-0.25, -0.2) is 9.78 Å². The summed E-state index contributed by atoms with van der Waals surface area (Å²) in [6.45, 7) is 0. The Balaban J connectivity index is 1.77. The summed E-state index contributed by atoms with van der Waals surface area (Å²) in [5.41, 5.74) is 1.64. The maximum absolute atomic E-state index is 12.8. The number of pyridine rings is 1. The number of hydrogen-bond acceptors (Lipinski definition) is 4. The summed E-state index contributed by atoms with van der Waals surface area (Å²) in [4.78, 5) is 29.5. The van der Waals surface area contributed by atoms with Crippen LogP contribution in [0.3, 0.4) is 0 Å².